The number of aromatic nitrogens is 1. The average Bonchev–Trinajstić information content (AvgIpc) is 2.98. The van der Waals surface area contributed by atoms with Crippen molar-refractivity contribution in [3.05, 3.63) is 52.1 Å². The second kappa shape index (κ2) is 7.56. The Kier molecular flexibility index (Phi) is 5.74. The van der Waals surface area contributed by atoms with E-state index in [4.69, 9.17) is 10.2 Å². The van der Waals surface area contributed by atoms with E-state index in [9.17, 15) is 4.79 Å². The number of rotatable bonds is 6. The minimum Gasteiger partial charge on any atom is -0.446 e. The van der Waals surface area contributed by atoms with E-state index in [0.717, 1.165) is 22.9 Å². The fraction of sp³-hybridized carbons (Fsp3) is 0.375. The van der Waals surface area contributed by atoms with Crippen LogP contribution in [0, 0.1) is 0 Å². The van der Waals surface area contributed by atoms with Crippen molar-refractivity contribution in [1.29, 1.82) is 0 Å². The van der Waals surface area contributed by atoms with Crippen molar-refractivity contribution in [2.45, 2.75) is 38.8 Å². The molecular weight excluding hydrogens is 346 g/mol. The molecule has 0 saturated heterocycles. The summed E-state index contributed by atoms with van der Waals surface area (Å²) < 4.78 is 6.30. The molecule has 2 atom stereocenters. The molecule has 0 aliphatic heterocycles. The maximum Gasteiger partial charge on any atom is 0.273 e. The number of hydrogen-bond donors (Lipinski definition) is 2. The Morgan fingerprint density at radius 2 is 2.09 bits per heavy atom. The minimum atomic E-state index is -0.269. The number of nitrogens with two attached hydrogens (primary N) is 1. The molecule has 2 unspecified atom stereocenters. The first-order chi connectivity index (χ1) is 10.5. The van der Waals surface area contributed by atoms with Crippen LogP contribution >= 0.6 is 15.9 Å². The number of oxazole rings is 1. The van der Waals surface area contributed by atoms with Crippen LogP contribution in [0.1, 0.15) is 60.7 Å². The highest BCUT2D eigenvalue weighted by Crippen LogP contribution is 2.18. The fourth-order valence-electron chi connectivity index (χ4n) is 2.10. The van der Waals surface area contributed by atoms with E-state index in [1.807, 2.05) is 38.1 Å². The normalized spacial score (nSPS) is 13.6. The third-order valence-electron chi connectivity index (χ3n) is 3.39. The largest absolute Gasteiger partial charge is 0.446 e. The van der Waals surface area contributed by atoms with Crippen molar-refractivity contribution in [3.8, 4) is 0 Å². The molecule has 22 heavy (non-hydrogen) atoms. The van der Waals surface area contributed by atoms with Gasteiger partial charge in [-0.2, -0.15) is 0 Å². The van der Waals surface area contributed by atoms with Crippen LogP contribution in [0.2, 0.25) is 0 Å². The van der Waals surface area contributed by atoms with Crippen LogP contribution in [0.4, 0.5) is 0 Å². The van der Waals surface area contributed by atoms with E-state index >= 15 is 0 Å². The Bertz CT molecular complexity index is 625. The van der Waals surface area contributed by atoms with Gasteiger partial charge >= 0.3 is 0 Å². The summed E-state index contributed by atoms with van der Waals surface area (Å²) in [6, 6.07) is 7.41. The van der Waals surface area contributed by atoms with E-state index in [1.165, 1.54) is 6.26 Å². The molecule has 3 N–H and O–H groups in total. The van der Waals surface area contributed by atoms with Crippen molar-refractivity contribution in [2.24, 2.45) is 5.73 Å². The number of hydrogen-bond acceptors (Lipinski definition) is 4. The van der Waals surface area contributed by atoms with Crippen LogP contribution in [0.15, 0.2) is 39.4 Å². The van der Waals surface area contributed by atoms with Gasteiger partial charge < -0.3 is 15.5 Å². The number of carbonyl (C=O) groups excluding carboxylic acids is 1. The van der Waals surface area contributed by atoms with Gasteiger partial charge in [0.2, 0.25) is 5.89 Å². The van der Waals surface area contributed by atoms with Gasteiger partial charge in [0.1, 0.15) is 6.26 Å². The summed E-state index contributed by atoms with van der Waals surface area (Å²) in [6.45, 7) is 3.96. The van der Waals surface area contributed by atoms with Gasteiger partial charge in [0.25, 0.3) is 5.91 Å². The molecule has 2 rings (SSSR count). The number of halogens is 1. The van der Waals surface area contributed by atoms with Gasteiger partial charge in [-0.15, -0.1) is 0 Å². The summed E-state index contributed by atoms with van der Waals surface area (Å²) in [6.07, 6.45) is 3.07. The zero-order valence-corrected chi connectivity index (χ0v) is 14.3. The molecule has 0 saturated carbocycles. The molecule has 118 valence electrons. The number of carbonyl (C=O) groups is 1. The quantitative estimate of drug-likeness (QED) is 0.816. The molecule has 0 fully saturated rings. The van der Waals surface area contributed by atoms with Gasteiger partial charge in [-0.05, 0) is 31.0 Å². The van der Waals surface area contributed by atoms with Crippen LogP contribution in [0.5, 0.6) is 0 Å². The summed E-state index contributed by atoms with van der Waals surface area (Å²) in [7, 11) is 0. The average molecular weight is 366 g/mol. The second-order valence-electron chi connectivity index (χ2n) is 5.21. The molecule has 5 nitrogen and oxygen atoms in total. The van der Waals surface area contributed by atoms with Gasteiger partial charge in [0.15, 0.2) is 5.69 Å². The van der Waals surface area contributed by atoms with Gasteiger partial charge in [-0.3, -0.25) is 4.79 Å². The highest BCUT2D eigenvalue weighted by Gasteiger charge is 2.18. The van der Waals surface area contributed by atoms with Crippen LogP contribution in [-0.2, 0) is 0 Å². The first kappa shape index (κ1) is 16.7. The lowest BCUT2D eigenvalue weighted by molar-refractivity contribution is 0.0935. The molecule has 0 bridgehead atoms. The summed E-state index contributed by atoms with van der Waals surface area (Å²) in [5, 5.41) is 2.90. The van der Waals surface area contributed by atoms with Crippen LogP contribution < -0.4 is 11.1 Å². The predicted octanol–water partition coefficient (Wildman–Crippen LogP) is 3.73. The highest BCUT2D eigenvalue weighted by molar-refractivity contribution is 9.10. The molecule has 2 aromatic rings. The smallest absolute Gasteiger partial charge is 0.273 e. The number of nitrogens with one attached hydrogen (secondary N) is 1. The maximum atomic E-state index is 12.2. The fourth-order valence-corrected chi connectivity index (χ4v) is 2.37. The van der Waals surface area contributed by atoms with E-state index < -0.39 is 0 Å². The lowest BCUT2D eigenvalue weighted by atomic mass is 10.1. The zero-order valence-electron chi connectivity index (χ0n) is 12.7. The Hall–Kier alpha value is -1.66. The third-order valence-corrected chi connectivity index (χ3v) is 3.92. The number of nitrogens with zero attached hydrogens (tertiary/aromatic N) is 1. The summed E-state index contributed by atoms with van der Waals surface area (Å²) >= 11 is 3.39. The van der Waals surface area contributed by atoms with Crippen molar-refractivity contribution in [3.63, 3.8) is 0 Å². The Morgan fingerprint density at radius 3 is 2.73 bits per heavy atom. The molecule has 0 aliphatic carbocycles. The molecule has 6 heteroatoms. The van der Waals surface area contributed by atoms with Crippen molar-refractivity contribution in [1.82, 2.24) is 10.3 Å². The Balaban J connectivity index is 2.01. The maximum absolute atomic E-state index is 12.2. The molecule has 1 aromatic carbocycles. The third kappa shape index (κ3) is 4.18. The first-order valence-corrected chi connectivity index (χ1v) is 8.08. The van der Waals surface area contributed by atoms with Gasteiger partial charge in [-0.25, -0.2) is 4.98 Å². The molecule has 1 aromatic heterocycles. The molecular formula is C16H20BrN3O2. The molecule has 1 amide bonds. The topological polar surface area (TPSA) is 81.1 Å². The molecule has 0 radical (unpaired) electrons. The number of benzene rings is 1. The monoisotopic (exact) mass is 365 g/mol. The minimum absolute atomic E-state index is 0.120. The predicted molar refractivity (Wildman–Crippen MR) is 88.4 cm³/mol. The zero-order chi connectivity index (χ0) is 16.1. The van der Waals surface area contributed by atoms with Gasteiger partial charge in [0, 0.05) is 4.47 Å². The van der Waals surface area contributed by atoms with E-state index in [2.05, 4.69) is 26.2 Å². The van der Waals surface area contributed by atoms with Gasteiger partial charge in [-0.1, -0.05) is 41.4 Å². The SMILES string of the molecule is CCCC(N)c1nc(C(=O)NC(C)c2ccc(Br)cc2)co1. The highest BCUT2D eigenvalue weighted by atomic mass is 79.9. The summed E-state index contributed by atoms with van der Waals surface area (Å²) in [5.74, 6) is 0.136. The van der Waals surface area contributed by atoms with E-state index in [1.54, 1.807) is 0 Å². The molecule has 0 aliphatic rings. The lowest BCUT2D eigenvalue weighted by Gasteiger charge is -2.13. The Labute approximate surface area is 138 Å². The first-order valence-electron chi connectivity index (χ1n) is 7.28. The van der Waals surface area contributed by atoms with Crippen LogP contribution in [0.3, 0.4) is 0 Å². The van der Waals surface area contributed by atoms with Crippen molar-refractivity contribution in [2.75, 3.05) is 0 Å². The van der Waals surface area contributed by atoms with E-state index in [0.29, 0.717) is 5.89 Å². The van der Waals surface area contributed by atoms with Crippen LogP contribution in [-0.4, -0.2) is 10.9 Å². The lowest BCUT2D eigenvalue weighted by Crippen LogP contribution is -2.27. The van der Waals surface area contributed by atoms with Crippen LogP contribution in [0.25, 0.3) is 0 Å². The number of amides is 1. The van der Waals surface area contributed by atoms with E-state index in [-0.39, 0.29) is 23.7 Å². The molecule has 1 heterocycles. The Morgan fingerprint density at radius 1 is 1.41 bits per heavy atom. The van der Waals surface area contributed by atoms with Crippen molar-refractivity contribution < 1.29 is 9.21 Å². The molecule has 0 spiro atoms. The summed E-state index contributed by atoms with van der Waals surface area (Å²) in [5.41, 5.74) is 7.20. The summed E-state index contributed by atoms with van der Waals surface area (Å²) in [4.78, 5) is 16.4. The standard InChI is InChI=1S/C16H20BrN3O2/c1-3-4-13(18)16-20-14(9-22-16)15(21)19-10(2)11-5-7-12(17)8-6-11/h5-10,13H,3-4,18H2,1-2H3,(H,19,21). The van der Waals surface area contributed by atoms with Gasteiger partial charge in [0.05, 0.1) is 12.1 Å². The van der Waals surface area contributed by atoms with Crippen molar-refractivity contribution >= 4 is 21.8 Å². The second-order valence-corrected chi connectivity index (χ2v) is 6.13.